The molecule has 1 aliphatic heterocycles. The number of nitrogens with one attached hydrogen (secondary N) is 1. The van der Waals surface area contributed by atoms with Gasteiger partial charge in [-0.25, -0.2) is 0 Å². The summed E-state index contributed by atoms with van der Waals surface area (Å²) in [5.41, 5.74) is 2.80. The van der Waals surface area contributed by atoms with Gasteiger partial charge in [-0.2, -0.15) is 0 Å². The Morgan fingerprint density at radius 1 is 1.00 bits per heavy atom. The van der Waals surface area contributed by atoms with Crippen molar-refractivity contribution in [1.29, 1.82) is 0 Å². The molecule has 0 radical (unpaired) electrons. The molecule has 1 aromatic carbocycles. The second-order valence-corrected chi connectivity index (χ2v) is 6.72. The van der Waals surface area contributed by atoms with E-state index in [2.05, 4.69) is 65.1 Å². The Balaban J connectivity index is 1.82. The van der Waals surface area contributed by atoms with Gasteiger partial charge in [-0.3, -0.25) is 9.80 Å². The highest BCUT2D eigenvalue weighted by Gasteiger charge is 2.16. The molecule has 136 valence electrons. The van der Waals surface area contributed by atoms with E-state index in [1.807, 2.05) is 0 Å². The molecule has 0 unspecified atom stereocenters. The minimum Gasteiger partial charge on any atom is -0.369 e. The van der Waals surface area contributed by atoms with Gasteiger partial charge in [0.1, 0.15) is 0 Å². The number of likely N-dealkylation sites (N-methyl/N-ethyl adjacent to an activating group) is 2. The number of benzene rings is 1. The van der Waals surface area contributed by atoms with E-state index in [0.29, 0.717) is 0 Å². The smallest absolute Gasteiger partial charge is 0.0367 e. The third-order valence-corrected chi connectivity index (χ3v) is 4.92. The highest BCUT2D eigenvalue weighted by atomic mass is 15.3. The molecule has 0 atom stereocenters. The van der Waals surface area contributed by atoms with Gasteiger partial charge in [0.15, 0.2) is 0 Å². The van der Waals surface area contributed by atoms with Gasteiger partial charge in [0.25, 0.3) is 0 Å². The quantitative estimate of drug-likeness (QED) is 0.665. The molecule has 24 heavy (non-hydrogen) atoms. The highest BCUT2D eigenvalue weighted by Crippen LogP contribution is 2.18. The van der Waals surface area contributed by atoms with Crippen LogP contribution in [0.5, 0.6) is 0 Å². The summed E-state index contributed by atoms with van der Waals surface area (Å²) in [5.74, 6) is 0. The predicted molar refractivity (Wildman–Crippen MR) is 105 cm³/mol. The van der Waals surface area contributed by atoms with Crippen LogP contribution in [0, 0.1) is 0 Å². The third-order valence-electron chi connectivity index (χ3n) is 4.92. The van der Waals surface area contributed by atoms with Crippen molar-refractivity contribution in [3.05, 3.63) is 29.8 Å². The third kappa shape index (κ3) is 6.08. The van der Waals surface area contributed by atoms with Crippen molar-refractivity contribution in [3.63, 3.8) is 0 Å². The molecule has 1 aliphatic rings. The summed E-state index contributed by atoms with van der Waals surface area (Å²) in [6, 6.07) is 9.24. The van der Waals surface area contributed by atoms with Crippen LogP contribution in [-0.4, -0.2) is 68.7 Å². The molecule has 0 aromatic heterocycles. The summed E-state index contributed by atoms with van der Waals surface area (Å²) < 4.78 is 0. The van der Waals surface area contributed by atoms with Gasteiger partial charge in [0.05, 0.1) is 0 Å². The van der Waals surface area contributed by atoms with Crippen LogP contribution < -0.4 is 10.2 Å². The first-order valence-corrected chi connectivity index (χ1v) is 9.76. The van der Waals surface area contributed by atoms with Gasteiger partial charge < -0.3 is 10.2 Å². The average Bonchev–Trinajstić information content (AvgIpc) is 2.62. The Morgan fingerprint density at radius 3 is 2.29 bits per heavy atom. The van der Waals surface area contributed by atoms with Crippen molar-refractivity contribution < 1.29 is 0 Å². The number of nitrogens with zero attached hydrogens (tertiary/aromatic N) is 3. The number of piperazine rings is 1. The monoisotopic (exact) mass is 332 g/mol. The van der Waals surface area contributed by atoms with Crippen LogP contribution in [0.4, 0.5) is 5.69 Å². The van der Waals surface area contributed by atoms with Crippen LogP contribution >= 0.6 is 0 Å². The zero-order valence-electron chi connectivity index (χ0n) is 15.9. The normalized spacial score (nSPS) is 16.1. The lowest BCUT2D eigenvalue weighted by Crippen LogP contribution is -2.46. The standard InChI is InChI=1S/C20H36N4/c1-4-12-23-14-16-24(17-15-23)20-9-7-19(8-10-20)18-22(6-3)13-11-21-5-2/h7-10,21H,4-6,11-18H2,1-3H3. The lowest BCUT2D eigenvalue weighted by Gasteiger charge is -2.36. The van der Waals surface area contributed by atoms with Crippen molar-refractivity contribution in [3.8, 4) is 0 Å². The fourth-order valence-corrected chi connectivity index (χ4v) is 3.38. The fourth-order valence-electron chi connectivity index (χ4n) is 3.38. The summed E-state index contributed by atoms with van der Waals surface area (Å²) >= 11 is 0. The predicted octanol–water partition coefficient (Wildman–Crippen LogP) is 2.65. The average molecular weight is 333 g/mol. The molecule has 0 spiro atoms. The number of rotatable bonds is 10. The Morgan fingerprint density at radius 2 is 1.71 bits per heavy atom. The first kappa shape index (κ1) is 19.2. The first-order valence-electron chi connectivity index (χ1n) is 9.76. The summed E-state index contributed by atoms with van der Waals surface area (Å²) in [6.07, 6.45) is 1.26. The Labute approximate surface area is 148 Å². The van der Waals surface area contributed by atoms with Gasteiger partial charge in [-0.15, -0.1) is 0 Å². The van der Waals surface area contributed by atoms with E-state index in [1.165, 1.54) is 37.3 Å². The zero-order valence-corrected chi connectivity index (χ0v) is 15.9. The Hall–Kier alpha value is -1.10. The second-order valence-electron chi connectivity index (χ2n) is 6.72. The van der Waals surface area contributed by atoms with Crippen molar-refractivity contribution >= 4 is 5.69 Å². The summed E-state index contributed by atoms with van der Waals surface area (Å²) in [5, 5.41) is 3.41. The number of hydrogen-bond acceptors (Lipinski definition) is 4. The number of hydrogen-bond donors (Lipinski definition) is 1. The highest BCUT2D eigenvalue weighted by molar-refractivity contribution is 5.48. The molecule has 2 rings (SSSR count). The van der Waals surface area contributed by atoms with E-state index in [0.717, 1.165) is 45.8 Å². The molecular formula is C20H36N4. The minimum atomic E-state index is 1.05. The van der Waals surface area contributed by atoms with Crippen LogP contribution in [-0.2, 0) is 6.54 Å². The molecule has 0 amide bonds. The molecule has 0 aliphatic carbocycles. The van der Waals surface area contributed by atoms with E-state index in [4.69, 9.17) is 0 Å². The van der Waals surface area contributed by atoms with Gasteiger partial charge in [0, 0.05) is 51.5 Å². The fraction of sp³-hybridized carbons (Fsp3) is 0.700. The molecule has 4 nitrogen and oxygen atoms in total. The van der Waals surface area contributed by atoms with Crippen LogP contribution in [0.25, 0.3) is 0 Å². The number of anilines is 1. The van der Waals surface area contributed by atoms with E-state index in [9.17, 15) is 0 Å². The summed E-state index contributed by atoms with van der Waals surface area (Å²) in [6.45, 7) is 18.0. The van der Waals surface area contributed by atoms with Crippen molar-refractivity contribution in [2.45, 2.75) is 33.7 Å². The van der Waals surface area contributed by atoms with Crippen LogP contribution in [0.3, 0.4) is 0 Å². The molecule has 1 heterocycles. The van der Waals surface area contributed by atoms with Crippen LogP contribution in [0.1, 0.15) is 32.8 Å². The summed E-state index contributed by atoms with van der Waals surface area (Å²) in [7, 11) is 0. The van der Waals surface area contributed by atoms with Crippen molar-refractivity contribution in [2.75, 3.05) is 63.8 Å². The SMILES string of the molecule is CCCN1CCN(c2ccc(CN(CC)CCNCC)cc2)CC1. The lowest BCUT2D eigenvalue weighted by atomic mass is 10.1. The molecule has 4 heteroatoms. The molecule has 1 saturated heterocycles. The van der Waals surface area contributed by atoms with E-state index >= 15 is 0 Å². The first-order chi connectivity index (χ1) is 11.8. The molecular weight excluding hydrogens is 296 g/mol. The van der Waals surface area contributed by atoms with Crippen molar-refractivity contribution in [2.24, 2.45) is 0 Å². The zero-order chi connectivity index (χ0) is 17.2. The molecule has 1 aromatic rings. The minimum absolute atomic E-state index is 1.05. The summed E-state index contributed by atoms with van der Waals surface area (Å²) in [4.78, 5) is 7.61. The molecule has 0 bridgehead atoms. The molecule has 0 saturated carbocycles. The second kappa shape index (κ2) is 10.7. The molecule has 1 N–H and O–H groups in total. The van der Waals surface area contributed by atoms with Gasteiger partial charge >= 0.3 is 0 Å². The lowest BCUT2D eigenvalue weighted by molar-refractivity contribution is 0.258. The maximum atomic E-state index is 3.41. The van der Waals surface area contributed by atoms with E-state index in [1.54, 1.807) is 0 Å². The van der Waals surface area contributed by atoms with Gasteiger partial charge in [-0.05, 0) is 43.8 Å². The molecule has 1 fully saturated rings. The largest absolute Gasteiger partial charge is 0.369 e. The van der Waals surface area contributed by atoms with Crippen LogP contribution in [0.15, 0.2) is 24.3 Å². The van der Waals surface area contributed by atoms with Crippen molar-refractivity contribution in [1.82, 2.24) is 15.1 Å². The van der Waals surface area contributed by atoms with E-state index in [-0.39, 0.29) is 0 Å². The topological polar surface area (TPSA) is 21.8 Å². The Bertz CT molecular complexity index is 437. The van der Waals surface area contributed by atoms with Crippen LogP contribution in [0.2, 0.25) is 0 Å². The van der Waals surface area contributed by atoms with Gasteiger partial charge in [0.2, 0.25) is 0 Å². The Kier molecular flexibility index (Phi) is 8.57. The van der Waals surface area contributed by atoms with E-state index < -0.39 is 0 Å². The maximum Gasteiger partial charge on any atom is 0.0367 e. The van der Waals surface area contributed by atoms with Gasteiger partial charge in [-0.1, -0.05) is 32.9 Å². The maximum absolute atomic E-state index is 3.41.